The predicted molar refractivity (Wildman–Crippen MR) is 102 cm³/mol. The van der Waals surface area contributed by atoms with Crippen molar-refractivity contribution in [2.24, 2.45) is 0 Å². The molecule has 0 bridgehead atoms. The zero-order chi connectivity index (χ0) is 18.5. The van der Waals surface area contributed by atoms with E-state index < -0.39 is 17.9 Å². The van der Waals surface area contributed by atoms with E-state index in [1.807, 2.05) is 24.3 Å². The second kappa shape index (κ2) is 7.89. The number of halogens is 1. The number of carbonyl (C=O) groups is 2. The number of para-hydroxylation sites is 1. The SMILES string of the molecule is O=C(/C=C/c1cccc(Cl)c1)NC(Cc1c[nH]c2ccccc12)C(=O)O. The lowest BCUT2D eigenvalue weighted by atomic mass is 10.0. The van der Waals surface area contributed by atoms with Gasteiger partial charge in [-0.05, 0) is 35.4 Å². The molecule has 1 aromatic heterocycles. The Hall–Kier alpha value is -3.05. The fraction of sp³-hybridized carbons (Fsp3) is 0.100. The highest BCUT2D eigenvalue weighted by atomic mass is 35.5. The average molecular weight is 369 g/mol. The molecule has 2 aromatic carbocycles. The van der Waals surface area contributed by atoms with Crippen LogP contribution in [0.5, 0.6) is 0 Å². The Morgan fingerprint density at radius 3 is 2.77 bits per heavy atom. The summed E-state index contributed by atoms with van der Waals surface area (Å²) in [7, 11) is 0. The summed E-state index contributed by atoms with van der Waals surface area (Å²) >= 11 is 5.90. The number of amides is 1. The summed E-state index contributed by atoms with van der Waals surface area (Å²) in [6.45, 7) is 0. The monoisotopic (exact) mass is 368 g/mol. The summed E-state index contributed by atoms with van der Waals surface area (Å²) in [5, 5.41) is 13.5. The third-order valence-corrected chi connectivity index (χ3v) is 4.22. The quantitative estimate of drug-likeness (QED) is 0.581. The van der Waals surface area contributed by atoms with Crippen molar-refractivity contribution in [3.05, 3.63) is 77.0 Å². The fourth-order valence-corrected chi connectivity index (χ4v) is 2.92. The van der Waals surface area contributed by atoms with Gasteiger partial charge in [-0.2, -0.15) is 0 Å². The van der Waals surface area contributed by atoms with Crippen LogP contribution in [0.2, 0.25) is 5.02 Å². The van der Waals surface area contributed by atoms with Gasteiger partial charge in [0, 0.05) is 34.6 Å². The molecule has 1 unspecified atom stereocenters. The van der Waals surface area contributed by atoms with Crippen LogP contribution in [0.15, 0.2) is 60.8 Å². The minimum Gasteiger partial charge on any atom is -0.480 e. The molecule has 0 aliphatic heterocycles. The summed E-state index contributed by atoms with van der Waals surface area (Å²) in [5.74, 6) is -1.56. The van der Waals surface area contributed by atoms with Crippen LogP contribution in [0.1, 0.15) is 11.1 Å². The van der Waals surface area contributed by atoms with Crippen LogP contribution in [-0.4, -0.2) is 28.0 Å². The van der Waals surface area contributed by atoms with Gasteiger partial charge in [0.1, 0.15) is 6.04 Å². The van der Waals surface area contributed by atoms with Crippen LogP contribution in [0.25, 0.3) is 17.0 Å². The molecule has 1 amide bonds. The molecule has 1 atom stereocenters. The van der Waals surface area contributed by atoms with Gasteiger partial charge in [0.05, 0.1) is 0 Å². The highest BCUT2D eigenvalue weighted by molar-refractivity contribution is 6.30. The molecule has 0 saturated carbocycles. The number of rotatable bonds is 6. The van der Waals surface area contributed by atoms with Gasteiger partial charge in [0.15, 0.2) is 0 Å². The van der Waals surface area contributed by atoms with E-state index in [4.69, 9.17) is 11.6 Å². The van der Waals surface area contributed by atoms with Crippen molar-refractivity contribution in [3.63, 3.8) is 0 Å². The number of aromatic amines is 1. The number of H-pyrrole nitrogens is 1. The van der Waals surface area contributed by atoms with Gasteiger partial charge in [0.2, 0.25) is 5.91 Å². The zero-order valence-corrected chi connectivity index (χ0v) is 14.5. The number of nitrogens with one attached hydrogen (secondary N) is 2. The summed E-state index contributed by atoms with van der Waals surface area (Å²) < 4.78 is 0. The maximum Gasteiger partial charge on any atom is 0.326 e. The minimum absolute atomic E-state index is 0.191. The summed E-state index contributed by atoms with van der Waals surface area (Å²) in [5.41, 5.74) is 2.53. The molecule has 6 heteroatoms. The van der Waals surface area contributed by atoms with Crippen LogP contribution in [0.3, 0.4) is 0 Å². The first-order valence-corrected chi connectivity index (χ1v) is 8.42. The average Bonchev–Trinajstić information content (AvgIpc) is 3.02. The van der Waals surface area contributed by atoms with Gasteiger partial charge in [-0.1, -0.05) is 41.9 Å². The lowest BCUT2D eigenvalue weighted by molar-refractivity contribution is -0.141. The van der Waals surface area contributed by atoms with Gasteiger partial charge in [-0.25, -0.2) is 4.79 Å². The largest absolute Gasteiger partial charge is 0.480 e. The number of hydrogen-bond acceptors (Lipinski definition) is 2. The van der Waals surface area contributed by atoms with Crippen molar-refractivity contribution in [2.45, 2.75) is 12.5 Å². The third kappa shape index (κ3) is 4.32. The molecule has 3 N–H and O–H groups in total. The summed E-state index contributed by atoms with van der Waals surface area (Å²) in [6, 6.07) is 13.6. The number of hydrogen-bond donors (Lipinski definition) is 3. The zero-order valence-electron chi connectivity index (χ0n) is 13.8. The Morgan fingerprint density at radius 2 is 2.00 bits per heavy atom. The predicted octanol–water partition coefficient (Wildman–Crippen LogP) is 3.65. The van der Waals surface area contributed by atoms with Crippen molar-refractivity contribution in [1.82, 2.24) is 10.3 Å². The molecule has 0 radical (unpaired) electrons. The molecule has 26 heavy (non-hydrogen) atoms. The first kappa shape index (κ1) is 17.8. The molecule has 0 saturated heterocycles. The molecule has 0 aliphatic rings. The van der Waals surface area contributed by atoms with Gasteiger partial charge in [-0.15, -0.1) is 0 Å². The van der Waals surface area contributed by atoms with E-state index >= 15 is 0 Å². The molecule has 3 rings (SSSR count). The van der Waals surface area contributed by atoms with E-state index in [-0.39, 0.29) is 6.42 Å². The number of carbonyl (C=O) groups excluding carboxylic acids is 1. The van der Waals surface area contributed by atoms with E-state index in [1.54, 1.807) is 36.5 Å². The van der Waals surface area contributed by atoms with Gasteiger partial charge >= 0.3 is 5.97 Å². The van der Waals surface area contributed by atoms with Gasteiger partial charge in [-0.3, -0.25) is 4.79 Å². The van der Waals surface area contributed by atoms with E-state index in [0.29, 0.717) is 5.02 Å². The van der Waals surface area contributed by atoms with Crippen LogP contribution in [0, 0.1) is 0 Å². The van der Waals surface area contributed by atoms with Crippen molar-refractivity contribution in [3.8, 4) is 0 Å². The van der Waals surface area contributed by atoms with E-state index in [9.17, 15) is 14.7 Å². The third-order valence-electron chi connectivity index (χ3n) is 3.99. The topological polar surface area (TPSA) is 82.2 Å². The summed E-state index contributed by atoms with van der Waals surface area (Å²) in [4.78, 5) is 26.8. The molecular weight excluding hydrogens is 352 g/mol. The van der Waals surface area contributed by atoms with Crippen LogP contribution in [0.4, 0.5) is 0 Å². The summed E-state index contributed by atoms with van der Waals surface area (Å²) in [6.07, 6.45) is 4.85. The number of carboxylic acids is 1. The molecule has 132 valence electrons. The maximum atomic E-state index is 12.1. The van der Waals surface area contributed by atoms with E-state index in [0.717, 1.165) is 22.0 Å². The molecule has 5 nitrogen and oxygen atoms in total. The van der Waals surface area contributed by atoms with Gasteiger partial charge in [0.25, 0.3) is 0 Å². The first-order chi connectivity index (χ1) is 12.5. The van der Waals surface area contributed by atoms with Crippen LogP contribution in [-0.2, 0) is 16.0 Å². The normalized spacial score (nSPS) is 12.3. The lowest BCUT2D eigenvalue weighted by Crippen LogP contribution is -2.41. The Labute approximate surface area is 155 Å². The highest BCUT2D eigenvalue weighted by Crippen LogP contribution is 2.19. The van der Waals surface area contributed by atoms with Gasteiger partial charge < -0.3 is 15.4 Å². The van der Waals surface area contributed by atoms with Crippen molar-refractivity contribution < 1.29 is 14.7 Å². The lowest BCUT2D eigenvalue weighted by Gasteiger charge is -2.12. The van der Waals surface area contributed by atoms with Crippen LogP contribution < -0.4 is 5.32 Å². The number of carboxylic acid groups (broad SMARTS) is 1. The molecule has 0 fully saturated rings. The first-order valence-electron chi connectivity index (χ1n) is 8.05. The van der Waals surface area contributed by atoms with Crippen LogP contribution >= 0.6 is 11.6 Å². The van der Waals surface area contributed by atoms with E-state index in [2.05, 4.69) is 10.3 Å². The smallest absolute Gasteiger partial charge is 0.326 e. The number of aromatic nitrogens is 1. The van der Waals surface area contributed by atoms with Crippen molar-refractivity contribution in [1.29, 1.82) is 0 Å². The molecule has 3 aromatic rings. The second-order valence-corrected chi connectivity index (χ2v) is 6.29. The Bertz CT molecular complexity index is 978. The Balaban J connectivity index is 1.70. The molecular formula is C20H17ClN2O3. The maximum absolute atomic E-state index is 12.1. The van der Waals surface area contributed by atoms with E-state index in [1.165, 1.54) is 6.08 Å². The number of aliphatic carboxylic acids is 1. The Kier molecular flexibility index (Phi) is 5.39. The second-order valence-electron chi connectivity index (χ2n) is 5.85. The fourth-order valence-electron chi connectivity index (χ4n) is 2.72. The number of benzene rings is 2. The molecule has 1 heterocycles. The molecule has 0 aliphatic carbocycles. The number of fused-ring (bicyclic) bond motifs is 1. The van der Waals surface area contributed by atoms with Crippen molar-refractivity contribution >= 4 is 40.5 Å². The Morgan fingerprint density at radius 1 is 1.19 bits per heavy atom. The molecule has 0 spiro atoms. The standard InChI is InChI=1S/C20H17ClN2O3/c21-15-5-3-4-13(10-15)8-9-19(24)23-18(20(25)26)11-14-12-22-17-7-2-1-6-16(14)17/h1-10,12,18,22H,11H2,(H,23,24)(H,25,26)/b9-8+. The highest BCUT2D eigenvalue weighted by Gasteiger charge is 2.21. The minimum atomic E-state index is -1.08. The van der Waals surface area contributed by atoms with Crippen molar-refractivity contribution in [2.75, 3.05) is 0 Å².